The van der Waals surface area contributed by atoms with Crippen molar-refractivity contribution in [2.75, 3.05) is 43.4 Å². The summed E-state index contributed by atoms with van der Waals surface area (Å²) >= 11 is 7.85. The van der Waals surface area contributed by atoms with Crippen LogP contribution in [0.5, 0.6) is 6.01 Å². The van der Waals surface area contributed by atoms with Crippen LogP contribution in [0, 0.1) is 12.7 Å². The van der Waals surface area contributed by atoms with Crippen molar-refractivity contribution in [3.8, 4) is 17.3 Å². The van der Waals surface area contributed by atoms with E-state index >= 15 is 8.78 Å². The van der Waals surface area contributed by atoms with Crippen LogP contribution in [0.3, 0.4) is 0 Å². The van der Waals surface area contributed by atoms with Gasteiger partial charge in [-0.2, -0.15) is 23.1 Å². The minimum absolute atomic E-state index is 0.00626. The highest BCUT2D eigenvalue weighted by Crippen LogP contribution is 2.46. The Morgan fingerprint density at radius 1 is 1.15 bits per heavy atom. The molecule has 4 aliphatic heterocycles. The molecule has 0 spiro atoms. The number of ether oxygens (including phenoxy) is 1. The van der Waals surface area contributed by atoms with Gasteiger partial charge in [0.2, 0.25) is 0 Å². The van der Waals surface area contributed by atoms with Crippen molar-refractivity contribution in [1.29, 1.82) is 0 Å². The highest BCUT2D eigenvalue weighted by Gasteiger charge is 2.50. The van der Waals surface area contributed by atoms with Crippen molar-refractivity contribution in [2.45, 2.75) is 75.4 Å². The van der Waals surface area contributed by atoms with Gasteiger partial charge >= 0.3 is 12.2 Å². The Morgan fingerprint density at radius 2 is 1.94 bits per heavy atom. The second kappa shape index (κ2) is 13.8. The first-order valence-electron chi connectivity index (χ1n) is 17.6. The van der Waals surface area contributed by atoms with Crippen LogP contribution in [0.1, 0.15) is 54.7 Å². The molecular formula is C36H35ClF6N8O2S. The van der Waals surface area contributed by atoms with Gasteiger partial charge in [-0.1, -0.05) is 11.6 Å². The fraction of sp³-hybridized carbons (Fsp3) is 0.472. The average molecular weight is 793 g/mol. The van der Waals surface area contributed by atoms with Gasteiger partial charge in [0.1, 0.15) is 34.9 Å². The highest BCUT2D eigenvalue weighted by atomic mass is 35.5. The molecule has 4 saturated heterocycles. The molecule has 1 aromatic carbocycles. The molecule has 8 rings (SSSR count). The average Bonchev–Trinajstić information content (AvgIpc) is 3.86. The van der Waals surface area contributed by atoms with Crippen LogP contribution in [0.4, 0.5) is 38.0 Å². The Hall–Kier alpha value is -4.22. The number of amides is 1. The molecule has 0 aliphatic carbocycles. The number of rotatable bonds is 7. The first-order valence-corrected chi connectivity index (χ1v) is 18.9. The van der Waals surface area contributed by atoms with Gasteiger partial charge in [-0.3, -0.25) is 9.69 Å². The van der Waals surface area contributed by atoms with Gasteiger partial charge in [0.05, 0.1) is 33.4 Å². The number of thiazole rings is 1. The summed E-state index contributed by atoms with van der Waals surface area (Å²) in [5.74, 6) is -2.99. The number of nitrogen functional groups attached to an aromatic ring is 1. The number of aryl methyl sites for hydroxylation is 1. The number of anilines is 2. The van der Waals surface area contributed by atoms with Crippen molar-refractivity contribution in [2.24, 2.45) is 0 Å². The summed E-state index contributed by atoms with van der Waals surface area (Å²) in [6.07, 6.45) is 0.0513. The van der Waals surface area contributed by atoms with Crippen molar-refractivity contribution < 1.29 is 35.9 Å². The van der Waals surface area contributed by atoms with Crippen LogP contribution in [-0.4, -0.2) is 92.2 Å². The first-order chi connectivity index (χ1) is 25.7. The van der Waals surface area contributed by atoms with E-state index < -0.39 is 58.3 Å². The zero-order valence-electron chi connectivity index (χ0n) is 29.0. The Kier molecular flexibility index (Phi) is 9.40. The lowest BCUT2D eigenvalue weighted by atomic mass is 9.95. The topological polar surface area (TPSA) is 114 Å². The summed E-state index contributed by atoms with van der Waals surface area (Å²) in [5.41, 5.74) is 1.98. The van der Waals surface area contributed by atoms with E-state index in [-0.39, 0.29) is 71.3 Å². The van der Waals surface area contributed by atoms with E-state index in [2.05, 4.69) is 15.0 Å². The number of benzene rings is 1. The molecule has 18 heteroatoms. The summed E-state index contributed by atoms with van der Waals surface area (Å²) in [6.45, 7) is 2.65. The number of pyridine rings is 1. The van der Waals surface area contributed by atoms with Gasteiger partial charge in [-0.05, 0) is 63.3 Å². The zero-order valence-corrected chi connectivity index (χ0v) is 30.5. The fourth-order valence-electron chi connectivity index (χ4n) is 8.76. The second-order valence-corrected chi connectivity index (χ2v) is 15.8. The number of halogens is 7. The Balaban J connectivity index is 1.22. The van der Waals surface area contributed by atoms with Gasteiger partial charge in [-0.25, -0.2) is 23.1 Å². The van der Waals surface area contributed by atoms with Crippen LogP contribution in [0.15, 0.2) is 29.5 Å². The summed E-state index contributed by atoms with van der Waals surface area (Å²) in [6, 6.07) is 1.33. The highest BCUT2D eigenvalue weighted by molar-refractivity contribution is 7.10. The number of aromatic nitrogens is 4. The van der Waals surface area contributed by atoms with Crippen molar-refractivity contribution in [3.63, 3.8) is 0 Å². The van der Waals surface area contributed by atoms with Crippen molar-refractivity contribution in [1.82, 2.24) is 29.7 Å². The molecule has 4 aliphatic rings. The fourth-order valence-corrected chi connectivity index (χ4v) is 9.60. The molecule has 3 aromatic heterocycles. The van der Waals surface area contributed by atoms with Gasteiger partial charge in [-0.15, -0.1) is 11.3 Å². The van der Waals surface area contributed by atoms with E-state index in [0.717, 1.165) is 18.6 Å². The molecule has 1 unspecified atom stereocenters. The third-order valence-electron chi connectivity index (χ3n) is 11.1. The quantitative estimate of drug-likeness (QED) is 0.151. The molecule has 4 aromatic rings. The largest absolute Gasteiger partial charge is 0.461 e. The molecule has 4 fully saturated rings. The standard InChI is InChI=1S/C36H35ClF6N8O2S/c1-18-11-25(44)46-31(28(18)36(41,42)43)27-23(37)12-22-30(29(27)40)47-34(53-17-35-6-2-8-50(35)15-19(38)14-35)48-32(22)49-9-5-20-3-4-21(16-49)51(20)33(52)24(39)13-26-45-7-10-54-26/h7,10-13,19-21H,2-6,8-9,14-17H2,1H3,(H2,44,46)/b24-13-/t19-,20+,21?,35+/m1/s1. The second-order valence-electron chi connectivity index (χ2n) is 14.4. The Labute approximate surface area is 315 Å². The maximum absolute atomic E-state index is 17.0. The SMILES string of the molecule is Cc1cc(N)nc(-c2c(Cl)cc3c(N4CC[C@@H]5CCC(C4)N5C(=O)/C(F)=C/c4nccs4)nc(OC[C@@]45CCCN4C[C@H](F)C5)nc3c2F)c1C(F)(F)F. The van der Waals surface area contributed by atoms with Crippen LogP contribution in [-0.2, 0) is 11.0 Å². The van der Waals surface area contributed by atoms with E-state index in [0.29, 0.717) is 43.8 Å². The zero-order chi connectivity index (χ0) is 38.1. The number of alkyl halides is 4. The van der Waals surface area contributed by atoms with E-state index in [1.165, 1.54) is 30.5 Å². The smallest absolute Gasteiger partial charge is 0.418 e. The summed E-state index contributed by atoms with van der Waals surface area (Å²) in [7, 11) is 0. The van der Waals surface area contributed by atoms with Crippen LogP contribution in [0.2, 0.25) is 5.02 Å². The van der Waals surface area contributed by atoms with Gasteiger partial charge in [0.25, 0.3) is 5.91 Å². The number of nitrogens with two attached hydrogens (primary N) is 1. The monoisotopic (exact) mass is 792 g/mol. The maximum Gasteiger partial charge on any atom is 0.418 e. The molecule has 54 heavy (non-hydrogen) atoms. The molecule has 7 heterocycles. The minimum atomic E-state index is -4.93. The number of hydrogen-bond donors (Lipinski definition) is 1. The predicted octanol–water partition coefficient (Wildman–Crippen LogP) is 7.39. The molecule has 2 bridgehead atoms. The summed E-state index contributed by atoms with van der Waals surface area (Å²) in [4.78, 5) is 35.9. The van der Waals surface area contributed by atoms with E-state index in [1.807, 2.05) is 9.80 Å². The molecule has 2 N–H and O–H groups in total. The normalized spacial score (nSPS) is 24.7. The van der Waals surface area contributed by atoms with Crippen LogP contribution >= 0.6 is 22.9 Å². The summed E-state index contributed by atoms with van der Waals surface area (Å²) in [5, 5.41) is 1.73. The Bertz CT molecular complexity index is 2160. The van der Waals surface area contributed by atoms with E-state index in [4.69, 9.17) is 27.1 Å². The molecule has 0 saturated carbocycles. The summed E-state index contributed by atoms with van der Waals surface area (Å²) < 4.78 is 96.3. The molecule has 0 radical (unpaired) electrons. The van der Waals surface area contributed by atoms with Crippen molar-refractivity contribution >= 4 is 57.5 Å². The first kappa shape index (κ1) is 36.7. The number of nitrogens with zero attached hydrogens (tertiary/aromatic N) is 7. The van der Waals surface area contributed by atoms with Gasteiger partial charge in [0, 0.05) is 55.1 Å². The van der Waals surface area contributed by atoms with Gasteiger partial charge < -0.3 is 20.3 Å². The minimum Gasteiger partial charge on any atom is -0.461 e. The molecular weight excluding hydrogens is 758 g/mol. The lowest BCUT2D eigenvalue weighted by Crippen LogP contribution is -2.44. The third-order valence-corrected chi connectivity index (χ3v) is 12.1. The van der Waals surface area contributed by atoms with E-state index in [1.54, 1.807) is 10.3 Å². The number of fused-ring (bicyclic) bond motifs is 4. The third kappa shape index (κ3) is 6.51. The van der Waals surface area contributed by atoms with Crippen LogP contribution < -0.4 is 15.4 Å². The Morgan fingerprint density at radius 3 is 2.70 bits per heavy atom. The molecule has 10 nitrogen and oxygen atoms in total. The van der Waals surface area contributed by atoms with Gasteiger partial charge in [0.15, 0.2) is 11.6 Å². The van der Waals surface area contributed by atoms with Crippen LogP contribution in [0.25, 0.3) is 28.2 Å². The molecule has 4 atom stereocenters. The maximum atomic E-state index is 17.0. The number of hydrogen-bond acceptors (Lipinski definition) is 10. The molecule has 286 valence electrons. The molecule has 1 amide bonds. The lowest BCUT2D eigenvalue weighted by molar-refractivity contribution is -0.137. The number of carbonyl (C=O) groups excluding carboxylic acids is 1. The predicted molar refractivity (Wildman–Crippen MR) is 192 cm³/mol. The lowest BCUT2D eigenvalue weighted by Gasteiger charge is -2.31. The van der Waals surface area contributed by atoms with Crippen molar-refractivity contribution in [3.05, 3.63) is 56.5 Å². The number of carbonyl (C=O) groups is 1. The van der Waals surface area contributed by atoms with E-state index in [9.17, 15) is 22.4 Å².